The maximum atomic E-state index is 12.8. The van der Waals surface area contributed by atoms with Crippen molar-refractivity contribution in [2.75, 3.05) is 0 Å². The van der Waals surface area contributed by atoms with E-state index in [1.54, 1.807) is 0 Å². The molecule has 0 saturated carbocycles. The van der Waals surface area contributed by atoms with Crippen LogP contribution in [0.2, 0.25) is 0 Å². The van der Waals surface area contributed by atoms with E-state index < -0.39 is 22.0 Å². The molecule has 0 heterocycles. The van der Waals surface area contributed by atoms with Gasteiger partial charge in [-0.05, 0) is 28.1 Å². The first-order valence-electron chi connectivity index (χ1n) is 3.04. The minimum absolute atomic E-state index is 0.0560. The van der Waals surface area contributed by atoms with Crippen molar-refractivity contribution in [3.63, 3.8) is 0 Å². The monoisotopic (exact) mass is 320 g/mol. The van der Waals surface area contributed by atoms with Crippen molar-refractivity contribution in [3.8, 4) is 0 Å². The van der Waals surface area contributed by atoms with Gasteiger partial charge in [0.1, 0.15) is 5.82 Å². The summed E-state index contributed by atoms with van der Waals surface area (Å²) < 4.78 is 48.9. The van der Waals surface area contributed by atoms with Crippen molar-refractivity contribution >= 4 is 31.9 Å². The van der Waals surface area contributed by atoms with Gasteiger partial charge in [-0.1, -0.05) is 15.9 Å². The number of halogens is 6. The van der Waals surface area contributed by atoms with E-state index in [1.807, 2.05) is 0 Å². The SMILES string of the molecule is Fc1cc(Br)cc(C(F)(F)F)c1Br. The van der Waals surface area contributed by atoms with Gasteiger partial charge in [-0.2, -0.15) is 13.2 Å². The van der Waals surface area contributed by atoms with Crippen molar-refractivity contribution in [1.29, 1.82) is 0 Å². The summed E-state index contributed by atoms with van der Waals surface area (Å²) in [6, 6.07) is 1.77. The molecule has 0 radical (unpaired) electrons. The molecule has 0 fully saturated rings. The number of benzene rings is 1. The fraction of sp³-hybridized carbons (Fsp3) is 0.143. The van der Waals surface area contributed by atoms with Crippen LogP contribution in [-0.4, -0.2) is 0 Å². The lowest BCUT2D eigenvalue weighted by Gasteiger charge is -2.09. The van der Waals surface area contributed by atoms with Gasteiger partial charge in [0, 0.05) is 4.47 Å². The van der Waals surface area contributed by atoms with Crippen LogP contribution in [0, 0.1) is 5.82 Å². The molecule has 1 rings (SSSR count). The zero-order valence-corrected chi connectivity index (χ0v) is 9.09. The van der Waals surface area contributed by atoms with Gasteiger partial charge in [0.05, 0.1) is 10.0 Å². The molecular formula is C7H2Br2F4. The molecule has 0 aliphatic heterocycles. The Kier molecular flexibility index (Phi) is 3.01. The Hall–Kier alpha value is -0.100. The molecule has 0 N–H and O–H groups in total. The van der Waals surface area contributed by atoms with Crippen LogP contribution in [0.5, 0.6) is 0 Å². The van der Waals surface area contributed by atoms with E-state index in [4.69, 9.17) is 0 Å². The molecule has 0 bridgehead atoms. The molecule has 0 aliphatic rings. The predicted octanol–water partition coefficient (Wildman–Crippen LogP) is 4.37. The quantitative estimate of drug-likeness (QED) is 0.491. The highest BCUT2D eigenvalue weighted by Crippen LogP contribution is 2.37. The Morgan fingerprint density at radius 1 is 1.08 bits per heavy atom. The van der Waals surface area contributed by atoms with Crippen molar-refractivity contribution in [2.45, 2.75) is 6.18 Å². The molecule has 13 heavy (non-hydrogen) atoms. The number of alkyl halides is 3. The molecule has 1 aromatic carbocycles. The normalized spacial score (nSPS) is 11.8. The second-order valence-corrected chi connectivity index (χ2v) is 3.96. The zero-order valence-electron chi connectivity index (χ0n) is 5.92. The third kappa shape index (κ3) is 2.43. The van der Waals surface area contributed by atoms with E-state index >= 15 is 0 Å². The first-order chi connectivity index (χ1) is 5.82. The average molecular weight is 322 g/mol. The van der Waals surface area contributed by atoms with Crippen LogP contribution in [-0.2, 0) is 6.18 Å². The molecule has 0 spiro atoms. The van der Waals surface area contributed by atoms with Gasteiger partial charge in [0.25, 0.3) is 0 Å². The molecule has 1 aromatic rings. The summed E-state index contributed by atoms with van der Waals surface area (Å²) in [5.41, 5.74) is -1.03. The summed E-state index contributed by atoms with van der Waals surface area (Å²) in [6.45, 7) is 0. The predicted molar refractivity (Wildman–Crippen MR) is 46.8 cm³/mol. The maximum Gasteiger partial charge on any atom is 0.417 e. The van der Waals surface area contributed by atoms with Crippen LogP contribution in [0.25, 0.3) is 0 Å². The molecule has 6 heteroatoms. The Morgan fingerprint density at radius 3 is 2.08 bits per heavy atom. The van der Waals surface area contributed by atoms with E-state index in [0.717, 1.165) is 12.1 Å². The van der Waals surface area contributed by atoms with E-state index in [2.05, 4.69) is 31.9 Å². The highest BCUT2D eigenvalue weighted by Gasteiger charge is 2.34. The average Bonchev–Trinajstić information content (AvgIpc) is 1.94. The minimum Gasteiger partial charge on any atom is -0.206 e. The highest BCUT2D eigenvalue weighted by molar-refractivity contribution is 9.11. The van der Waals surface area contributed by atoms with Gasteiger partial charge in [-0.3, -0.25) is 0 Å². The molecule has 72 valence electrons. The molecule has 0 nitrogen and oxygen atoms in total. The topological polar surface area (TPSA) is 0 Å². The first kappa shape index (κ1) is 11.0. The second-order valence-electron chi connectivity index (χ2n) is 2.25. The van der Waals surface area contributed by atoms with Gasteiger partial charge in [0.2, 0.25) is 0 Å². The fourth-order valence-corrected chi connectivity index (χ4v) is 1.65. The Bertz CT molecular complexity index is 332. The van der Waals surface area contributed by atoms with Gasteiger partial charge in [-0.15, -0.1) is 0 Å². The van der Waals surface area contributed by atoms with E-state index in [1.165, 1.54) is 0 Å². The largest absolute Gasteiger partial charge is 0.417 e. The van der Waals surface area contributed by atoms with E-state index in [-0.39, 0.29) is 4.47 Å². The molecule has 0 aromatic heterocycles. The fourth-order valence-electron chi connectivity index (χ4n) is 0.762. The van der Waals surface area contributed by atoms with E-state index in [9.17, 15) is 17.6 Å². The van der Waals surface area contributed by atoms with Crippen molar-refractivity contribution < 1.29 is 17.6 Å². The van der Waals surface area contributed by atoms with Crippen LogP contribution in [0.4, 0.5) is 17.6 Å². The van der Waals surface area contributed by atoms with Crippen LogP contribution in [0.1, 0.15) is 5.56 Å². The smallest absolute Gasteiger partial charge is 0.206 e. The summed E-state index contributed by atoms with van der Waals surface area (Å²) in [5.74, 6) is -0.943. The summed E-state index contributed by atoms with van der Waals surface area (Å²) in [5, 5.41) is 0. The summed E-state index contributed by atoms with van der Waals surface area (Å²) >= 11 is 5.31. The first-order valence-corrected chi connectivity index (χ1v) is 4.62. The Balaban J connectivity index is 3.37. The highest BCUT2D eigenvalue weighted by atomic mass is 79.9. The molecule has 0 atom stereocenters. The van der Waals surface area contributed by atoms with Gasteiger partial charge >= 0.3 is 6.18 Å². The third-order valence-electron chi connectivity index (χ3n) is 1.30. The van der Waals surface area contributed by atoms with Crippen LogP contribution in [0.3, 0.4) is 0 Å². The van der Waals surface area contributed by atoms with Gasteiger partial charge in [-0.25, -0.2) is 4.39 Å². The lowest BCUT2D eigenvalue weighted by molar-refractivity contribution is -0.138. The lowest BCUT2D eigenvalue weighted by Crippen LogP contribution is -2.07. The lowest BCUT2D eigenvalue weighted by atomic mass is 10.2. The summed E-state index contributed by atoms with van der Waals surface area (Å²) in [7, 11) is 0. The van der Waals surface area contributed by atoms with Crippen molar-refractivity contribution in [1.82, 2.24) is 0 Å². The molecular weight excluding hydrogens is 320 g/mol. The van der Waals surface area contributed by atoms with Crippen LogP contribution < -0.4 is 0 Å². The summed E-state index contributed by atoms with van der Waals surface area (Å²) in [4.78, 5) is 0. The van der Waals surface area contributed by atoms with Crippen LogP contribution >= 0.6 is 31.9 Å². The number of hydrogen-bond acceptors (Lipinski definition) is 0. The molecule has 0 unspecified atom stereocenters. The molecule has 0 amide bonds. The molecule has 0 saturated heterocycles. The van der Waals surface area contributed by atoms with E-state index in [0.29, 0.717) is 0 Å². The van der Waals surface area contributed by atoms with Gasteiger partial charge in [0.15, 0.2) is 0 Å². The van der Waals surface area contributed by atoms with Gasteiger partial charge < -0.3 is 0 Å². The van der Waals surface area contributed by atoms with Crippen molar-refractivity contribution in [2.24, 2.45) is 0 Å². The summed E-state index contributed by atoms with van der Waals surface area (Å²) in [6.07, 6.45) is -4.55. The Labute approximate surface area is 88.2 Å². The Morgan fingerprint density at radius 2 is 1.62 bits per heavy atom. The third-order valence-corrected chi connectivity index (χ3v) is 2.56. The second kappa shape index (κ2) is 3.57. The standard InChI is InChI=1S/C7H2Br2F4/c8-3-1-4(7(11,12)13)6(9)5(10)2-3/h1-2H. The minimum atomic E-state index is -4.55. The number of rotatable bonds is 0. The maximum absolute atomic E-state index is 12.8. The van der Waals surface area contributed by atoms with Crippen molar-refractivity contribution in [3.05, 3.63) is 32.5 Å². The molecule has 0 aliphatic carbocycles. The zero-order chi connectivity index (χ0) is 10.2. The van der Waals surface area contributed by atoms with Crippen LogP contribution in [0.15, 0.2) is 21.1 Å². The number of hydrogen-bond donors (Lipinski definition) is 0.